The lowest BCUT2D eigenvalue weighted by Crippen LogP contribution is -2.27. The van der Waals surface area contributed by atoms with Crippen molar-refractivity contribution in [2.24, 2.45) is 5.11 Å². The van der Waals surface area contributed by atoms with E-state index >= 15 is 0 Å². The Morgan fingerprint density at radius 1 is 1.65 bits per heavy atom. The zero-order valence-corrected chi connectivity index (χ0v) is 8.76. The Balaban J connectivity index is 1.99. The van der Waals surface area contributed by atoms with Crippen molar-refractivity contribution in [3.05, 3.63) is 33.1 Å². The summed E-state index contributed by atoms with van der Waals surface area (Å²) in [6.07, 6.45) is 1.57. The van der Waals surface area contributed by atoms with Crippen LogP contribution < -0.4 is 10.3 Å². The van der Waals surface area contributed by atoms with Gasteiger partial charge in [-0.3, -0.25) is 9.36 Å². The Kier molecular flexibility index (Phi) is 2.24. The van der Waals surface area contributed by atoms with Gasteiger partial charge in [-0.2, -0.15) is 4.98 Å². The summed E-state index contributed by atoms with van der Waals surface area (Å²) in [5.74, 6) is 0. The molecule has 0 saturated carbocycles. The summed E-state index contributed by atoms with van der Waals surface area (Å²) >= 11 is 0. The van der Waals surface area contributed by atoms with Gasteiger partial charge in [0.05, 0.1) is 6.04 Å². The van der Waals surface area contributed by atoms with Gasteiger partial charge < -0.3 is 9.47 Å². The lowest BCUT2D eigenvalue weighted by atomic mass is 10.1. The molecule has 3 atom stereocenters. The molecule has 3 heterocycles. The quantitative estimate of drug-likeness (QED) is 0.404. The lowest BCUT2D eigenvalue weighted by Gasteiger charge is -2.16. The molecular formula is C9H9N5O3. The number of fused-ring (bicyclic) bond motifs is 4. The van der Waals surface area contributed by atoms with Gasteiger partial charge in [0, 0.05) is 23.6 Å². The summed E-state index contributed by atoms with van der Waals surface area (Å²) in [5, 5.41) is 3.68. The molecule has 0 N–H and O–H groups in total. The van der Waals surface area contributed by atoms with Crippen molar-refractivity contribution in [3.63, 3.8) is 0 Å². The fourth-order valence-corrected chi connectivity index (χ4v) is 2.10. The van der Waals surface area contributed by atoms with Crippen LogP contribution in [0.4, 0.5) is 0 Å². The fourth-order valence-electron chi connectivity index (χ4n) is 2.10. The normalized spacial score (nSPS) is 29.8. The van der Waals surface area contributed by atoms with Crippen LogP contribution in [0.1, 0.15) is 12.6 Å². The summed E-state index contributed by atoms with van der Waals surface area (Å²) in [5.41, 5.74) is 8.10. The van der Waals surface area contributed by atoms with Crippen LogP contribution in [0.2, 0.25) is 0 Å². The molecule has 1 saturated heterocycles. The summed E-state index contributed by atoms with van der Waals surface area (Å²) < 4.78 is 12.7. The topological polar surface area (TPSA) is 102 Å². The van der Waals surface area contributed by atoms with E-state index in [-0.39, 0.29) is 36.6 Å². The van der Waals surface area contributed by atoms with Crippen LogP contribution in [0.25, 0.3) is 10.4 Å². The molecule has 0 radical (unpaired) electrons. The smallest absolute Gasteiger partial charge is 0.301 e. The number of ether oxygens (including phenoxy) is 2. The monoisotopic (exact) mass is 235 g/mol. The summed E-state index contributed by atoms with van der Waals surface area (Å²) in [7, 11) is 0. The maximum atomic E-state index is 11.1. The van der Waals surface area contributed by atoms with E-state index in [1.807, 2.05) is 0 Å². The van der Waals surface area contributed by atoms with E-state index < -0.39 is 0 Å². The summed E-state index contributed by atoms with van der Waals surface area (Å²) in [6.45, 7) is 0.233. The Bertz CT molecular complexity index is 550. The van der Waals surface area contributed by atoms with Gasteiger partial charge in [-0.05, 0) is 5.53 Å². The minimum atomic E-state index is -0.347. The van der Waals surface area contributed by atoms with Gasteiger partial charge in [-0.15, -0.1) is 0 Å². The zero-order chi connectivity index (χ0) is 11.8. The third-order valence-corrected chi connectivity index (χ3v) is 2.90. The van der Waals surface area contributed by atoms with Crippen LogP contribution in [-0.2, 0) is 4.74 Å². The largest absolute Gasteiger partial charge is 0.462 e. The predicted octanol–water partition coefficient (Wildman–Crippen LogP) is 0.602. The number of rotatable bonds is 1. The third-order valence-electron chi connectivity index (χ3n) is 2.90. The molecule has 1 fully saturated rings. The molecular weight excluding hydrogens is 226 g/mol. The fraction of sp³-hybridized carbons (Fsp3) is 0.556. The van der Waals surface area contributed by atoms with E-state index in [0.717, 1.165) is 0 Å². The van der Waals surface area contributed by atoms with Crippen LogP contribution in [0.3, 0.4) is 0 Å². The molecule has 2 aliphatic heterocycles. The predicted molar refractivity (Wildman–Crippen MR) is 55.5 cm³/mol. The Morgan fingerprint density at radius 3 is 3.35 bits per heavy atom. The first kappa shape index (κ1) is 10.1. The summed E-state index contributed by atoms with van der Waals surface area (Å²) in [6, 6.07) is 1.36. The van der Waals surface area contributed by atoms with Crippen molar-refractivity contribution in [3.8, 4) is 6.01 Å². The van der Waals surface area contributed by atoms with E-state index in [4.69, 9.17) is 15.0 Å². The van der Waals surface area contributed by atoms with E-state index in [1.54, 1.807) is 10.8 Å². The molecule has 17 heavy (non-hydrogen) atoms. The Hall–Kier alpha value is -2.05. The molecule has 88 valence electrons. The average molecular weight is 235 g/mol. The first-order valence-corrected chi connectivity index (χ1v) is 5.19. The van der Waals surface area contributed by atoms with Gasteiger partial charge in [0.2, 0.25) is 0 Å². The van der Waals surface area contributed by atoms with Crippen molar-refractivity contribution in [1.29, 1.82) is 0 Å². The number of azide groups is 1. The van der Waals surface area contributed by atoms with Gasteiger partial charge >= 0.3 is 6.01 Å². The highest BCUT2D eigenvalue weighted by molar-refractivity contribution is 5.05. The Morgan fingerprint density at radius 2 is 2.53 bits per heavy atom. The number of nitrogens with zero attached hydrogens (tertiary/aromatic N) is 5. The number of hydrogen-bond acceptors (Lipinski definition) is 5. The first-order chi connectivity index (χ1) is 8.28. The molecule has 8 heteroatoms. The molecule has 3 rings (SSSR count). The van der Waals surface area contributed by atoms with Gasteiger partial charge in [-0.1, -0.05) is 5.11 Å². The molecule has 1 aromatic rings. The van der Waals surface area contributed by atoms with E-state index in [1.165, 1.54) is 6.07 Å². The second-order valence-electron chi connectivity index (χ2n) is 3.90. The average Bonchev–Trinajstić information content (AvgIpc) is 2.60. The van der Waals surface area contributed by atoms with Crippen molar-refractivity contribution in [2.45, 2.75) is 24.8 Å². The van der Waals surface area contributed by atoms with Gasteiger partial charge in [-0.25, -0.2) is 0 Å². The van der Waals surface area contributed by atoms with E-state index in [9.17, 15) is 4.79 Å². The molecule has 2 bridgehead atoms. The van der Waals surface area contributed by atoms with Crippen LogP contribution >= 0.6 is 0 Å². The van der Waals surface area contributed by atoms with Crippen LogP contribution in [0.5, 0.6) is 6.01 Å². The zero-order valence-electron chi connectivity index (χ0n) is 8.76. The maximum Gasteiger partial charge on any atom is 0.301 e. The second kappa shape index (κ2) is 3.76. The minimum absolute atomic E-state index is 0.233. The van der Waals surface area contributed by atoms with Gasteiger partial charge in [0.15, 0.2) is 0 Å². The second-order valence-corrected chi connectivity index (χ2v) is 3.90. The number of aromatic nitrogens is 2. The van der Waals surface area contributed by atoms with Crippen molar-refractivity contribution in [1.82, 2.24) is 9.55 Å². The molecule has 1 aromatic heterocycles. The molecule has 3 unspecified atom stereocenters. The molecule has 0 aromatic carbocycles. The van der Waals surface area contributed by atoms with E-state index in [0.29, 0.717) is 6.42 Å². The van der Waals surface area contributed by atoms with Crippen molar-refractivity contribution < 1.29 is 9.47 Å². The highest BCUT2D eigenvalue weighted by Crippen LogP contribution is 2.35. The van der Waals surface area contributed by atoms with E-state index in [2.05, 4.69) is 15.0 Å². The SMILES string of the molecule is [N-]=[N+]=NC1CC2OC1COc1nc(=O)ccn12. The molecule has 0 amide bonds. The maximum absolute atomic E-state index is 11.1. The van der Waals surface area contributed by atoms with Crippen LogP contribution in [0, 0.1) is 0 Å². The molecule has 2 aliphatic rings. The van der Waals surface area contributed by atoms with Crippen LogP contribution in [-0.4, -0.2) is 28.3 Å². The van der Waals surface area contributed by atoms with Crippen LogP contribution in [0.15, 0.2) is 22.2 Å². The molecule has 0 spiro atoms. The standard InChI is InChI=1S/C9H9N5O3/c10-13-12-5-3-8-14-2-1-7(15)11-9(14)16-4-6(5)17-8/h1-2,5-6,8H,3-4H2. The molecule has 0 aliphatic carbocycles. The highest BCUT2D eigenvalue weighted by atomic mass is 16.6. The lowest BCUT2D eigenvalue weighted by molar-refractivity contribution is 0.00192. The van der Waals surface area contributed by atoms with Gasteiger partial charge in [0.1, 0.15) is 18.9 Å². The minimum Gasteiger partial charge on any atom is -0.462 e. The number of hydrogen-bond donors (Lipinski definition) is 0. The van der Waals surface area contributed by atoms with Gasteiger partial charge in [0.25, 0.3) is 5.56 Å². The molecule has 8 nitrogen and oxygen atoms in total. The first-order valence-electron chi connectivity index (χ1n) is 5.19. The van der Waals surface area contributed by atoms with Crippen molar-refractivity contribution in [2.75, 3.05) is 6.61 Å². The third kappa shape index (κ3) is 1.63. The Labute approximate surface area is 95.4 Å². The van der Waals surface area contributed by atoms with Crippen molar-refractivity contribution >= 4 is 0 Å². The highest BCUT2D eigenvalue weighted by Gasteiger charge is 2.39. The summed E-state index contributed by atoms with van der Waals surface area (Å²) in [4.78, 5) is 17.7.